The van der Waals surface area contributed by atoms with Crippen molar-refractivity contribution in [1.82, 2.24) is 14.6 Å². The van der Waals surface area contributed by atoms with E-state index in [-0.39, 0.29) is 29.3 Å². The van der Waals surface area contributed by atoms with E-state index in [4.69, 9.17) is 16.3 Å². The SMILES string of the molecule is [2H]c1cc([C@]2(C#N)O[C@H](COC(=O)C(C)(C)C)[C@@H](O)[C@H]2O)n2[nH]cnc(=N)c12. The second-order valence-electron chi connectivity index (χ2n) is 7.38. The average molecular weight is 376 g/mol. The number of hydrogen-bond donors (Lipinski definition) is 4. The Balaban J connectivity index is 1.99. The lowest BCUT2D eigenvalue weighted by Crippen LogP contribution is -2.41. The highest BCUT2D eigenvalue weighted by molar-refractivity contribution is 5.75. The lowest BCUT2D eigenvalue weighted by atomic mass is 9.92. The second-order valence-corrected chi connectivity index (χ2v) is 7.38. The Morgan fingerprint density at radius 3 is 2.96 bits per heavy atom. The Kier molecular flexibility index (Phi) is 4.22. The van der Waals surface area contributed by atoms with Crippen LogP contribution in [0.5, 0.6) is 0 Å². The van der Waals surface area contributed by atoms with Crippen LogP contribution in [-0.4, -0.2) is 55.7 Å². The van der Waals surface area contributed by atoms with Crippen LogP contribution in [0.15, 0.2) is 18.4 Å². The Morgan fingerprint density at radius 1 is 1.63 bits per heavy atom. The molecule has 10 nitrogen and oxygen atoms in total. The van der Waals surface area contributed by atoms with Gasteiger partial charge >= 0.3 is 5.97 Å². The zero-order chi connectivity index (χ0) is 20.9. The number of ether oxygens (including phenoxy) is 2. The molecule has 3 heterocycles. The van der Waals surface area contributed by atoms with E-state index >= 15 is 0 Å². The number of aromatic amines is 1. The highest BCUT2D eigenvalue weighted by Gasteiger charge is 2.57. The number of carbonyl (C=O) groups is 1. The van der Waals surface area contributed by atoms with E-state index in [1.54, 1.807) is 20.8 Å². The number of aliphatic hydroxyl groups excluding tert-OH is 2. The number of aromatic nitrogens is 3. The Bertz CT molecular complexity index is 1020. The molecule has 0 aromatic carbocycles. The molecule has 1 saturated heterocycles. The van der Waals surface area contributed by atoms with Crippen LogP contribution >= 0.6 is 0 Å². The lowest BCUT2D eigenvalue weighted by Gasteiger charge is -2.24. The fourth-order valence-corrected chi connectivity index (χ4v) is 2.87. The number of H-pyrrole nitrogens is 1. The van der Waals surface area contributed by atoms with E-state index in [0.717, 1.165) is 0 Å². The molecule has 1 fully saturated rings. The molecule has 144 valence electrons. The number of nitrogens with zero attached hydrogens (tertiary/aromatic N) is 3. The van der Waals surface area contributed by atoms with Gasteiger partial charge in [0.15, 0.2) is 5.49 Å². The molecule has 10 heteroatoms. The van der Waals surface area contributed by atoms with E-state index in [1.807, 2.05) is 6.07 Å². The summed E-state index contributed by atoms with van der Waals surface area (Å²) in [7, 11) is 0. The van der Waals surface area contributed by atoms with E-state index in [2.05, 4.69) is 10.1 Å². The van der Waals surface area contributed by atoms with Gasteiger partial charge in [0.05, 0.1) is 12.5 Å². The van der Waals surface area contributed by atoms with Gasteiger partial charge in [0, 0.05) is 0 Å². The molecule has 0 unspecified atom stereocenters. The third kappa shape index (κ3) is 2.99. The van der Waals surface area contributed by atoms with Crippen LogP contribution in [0.1, 0.15) is 27.8 Å². The fraction of sp³-hybridized carbons (Fsp3) is 0.529. The molecule has 2 aromatic rings. The van der Waals surface area contributed by atoms with Crippen molar-refractivity contribution in [2.75, 3.05) is 6.61 Å². The van der Waals surface area contributed by atoms with Gasteiger partial charge in [-0.15, -0.1) is 0 Å². The summed E-state index contributed by atoms with van der Waals surface area (Å²) in [5.41, 5.74) is -2.89. The lowest BCUT2D eigenvalue weighted by molar-refractivity contribution is -0.159. The van der Waals surface area contributed by atoms with Crippen molar-refractivity contribution in [2.24, 2.45) is 5.41 Å². The maximum absolute atomic E-state index is 12.0. The topological polar surface area (TPSA) is 157 Å². The summed E-state index contributed by atoms with van der Waals surface area (Å²) in [6.07, 6.45) is -3.14. The fourth-order valence-electron chi connectivity index (χ4n) is 2.87. The van der Waals surface area contributed by atoms with Crippen LogP contribution in [0.4, 0.5) is 0 Å². The number of aliphatic hydroxyl groups is 2. The van der Waals surface area contributed by atoms with Crippen LogP contribution in [0.25, 0.3) is 5.52 Å². The minimum Gasteiger partial charge on any atom is -0.462 e. The number of esters is 1. The van der Waals surface area contributed by atoms with Crippen LogP contribution in [-0.2, 0) is 19.9 Å². The molecule has 1 aliphatic heterocycles. The molecule has 0 radical (unpaired) electrons. The van der Waals surface area contributed by atoms with Gasteiger partial charge in [0.1, 0.15) is 42.8 Å². The smallest absolute Gasteiger partial charge is 0.311 e. The molecular weight excluding hydrogens is 354 g/mol. The predicted octanol–water partition coefficient (Wildman–Crippen LogP) is -0.429. The highest BCUT2D eigenvalue weighted by Crippen LogP contribution is 2.40. The molecule has 1 aliphatic rings. The average Bonchev–Trinajstić information content (AvgIpc) is 3.09. The van der Waals surface area contributed by atoms with Crippen LogP contribution in [0, 0.1) is 22.2 Å². The summed E-state index contributed by atoms with van der Waals surface area (Å²) in [5.74, 6) is -0.521. The van der Waals surface area contributed by atoms with Gasteiger partial charge in [0.25, 0.3) is 0 Å². The first kappa shape index (κ1) is 17.7. The van der Waals surface area contributed by atoms with Crippen molar-refractivity contribution >= 4 is 11.5 Å². The minimum absolute atomic E-state index is 0.0297. The number of nitriles is 1. The molecule has 3 rings (SSSR count). The quantitative estimate of drug-likeness (QED) is 0.529. The van der Waals surface area contributed by atoms with Crippen molar-refractivity contribution in [3.05, 3.63) is 29.6 Å². The summed E-state index contributed by atoms with van der Waals surface area (Å²) in [4.78, 5) is 15.7. The molecule has 0 aliphatic carbocycles. The van der Waals surface area contributed by atoms with Crippen molar-refractivity contribution in [3.63, 3.8) is 0 Å². The van der Waals surface area contributed by atoms with Gasteiger partial charge in [0.2, 0.25) is 5.60 Å². The Hall–Kier alpha value is -2.74. The van der Waals surface area contributed by atoms with Gasteiger partial charge in [-0.2, -0.15) is 5.26 Å². The third-order valence-electron chi connectivity index (χ3n) is 4.41. The van der Waals surface area contributed by atoms with Gasteiger partial charge in [-0.25, -0.2) is 4.98 Å². The Labute approximate surface area is 155 Å². The van der Waals surface area contributed by atoms with Gasteiger partial charge in [-0.05, 0) is 32.9 Å². The first-order valence-corrected chi connectivity index (χ1v) is 8.26. The molecule has 4 N–H and O–H groups in total. The first-order valence-electron chi connectivity index (χ1n) is 8.76. The van der Waals surface area contributed by atoms with Gasteiger partial charge in [-0.3, -0.25) is 19.8 Å². The molecule has 2 aromatic heterocycles. The Morgan fingerprint density at radius 2 is 2.33 bits per heavy atom. The largest absolute Gasteiger partial charge is 0.462 e. The molecule has 0 spiro atoms. The third-order valence-corrected chi connectivity index (χ3v) is 4.41. The first-order chi connectivity index (χ1) is 13.0. The summed E-state index contributed by atoms with van der Waals surface area (Å²) < 4.78 is 20.1. The van der Waals surface area contributed by atoms with Gasteiger partial charge < -0.3 is 19.7 Å². The van der Waals surface area contributed by atoms with Crippen molar-refractivity contribution < 1.29 is 25.9 Å². The zero-order valence-electron chi connectivity index (χ0n) is 16.1. The normalized spacial score (nSPS) is 28.7. The van der Waals surface area contributed by atoms with Crippen LogP contribution in [0.3, 0.4) is 0 Å². The maximum atomic E-state index is 12.0. The molecule has 0 bridgehead atoms. The van der Waals surface area contributed by atoms with Gasteiger partial charge in [-0.1, -0.05) is 0 Å². The number of rotatable bonds is 3. The van der Waals surface area contributed by atoms with E-state index in [1.165, 1.54) is 16.9 Å². The number of hydrogen-bond acceptors (Lipinski definition) is 8. The van der Waals surface area contributed by atoms with E-state index in [9.17, 15) is 20.3 Å². The van der Waals surface area contributed by atoms with Crippen LogP contribution in [0.2, 0.25) is 0 Å². The monoisotopic (exact) mass is 376 g/mol. The summed E-state index contributed by atoms with van der Waals surface area (Å²) in [5, 5.41) is 41.4. The van der Waals surface area contributed by atoms with Crippen molar-refractivity contribution in [2.45, 2.75) is 44.7 Å². The van der Waals surface area contributed by atoms with Crippen molar-refractivity contribution in [1.29, 1.82) is 10.7 Å². The number of nitrogens with one attached hydrogen (secondary N) is 2. The van der Waals surface area contributed by atoms with Crippen LogP contribution < -0.4 is 5.49 Å². The standard InChI is InChI=1S/C17H21N5O5/c1-16(2,3)15(25)26-6-10-12(23)13(24)17(7-18,27-10)11-5-4-9-14(19)20-8-21-22(9)11/h4-5,8,10,12-13,23-24H,6H2,1-3H3,(H2,19,20,21)/t10-,12-,13-,17+/m1/s1/i4D. The molecule has 0 saturated carbocycles. The zero-order valence-corrected chi connectivity index (χ0v) is 15.1. The summed E-state index contributed by atoms with van der Waals surface area (Å²) in [6, 6.07) is 3.02. The van der Waals surface area contributed by atoms with E-state index < -0.39 is 35.3 Å². The highest BCUT2D eigenvalue weighted by atomic mass is 16.6. The molecule has 0 amide bonds. The van der Waals surface area contributed by atoms with Crippen molar-refractivity contribution in [3.8, 4) is 6.07 Å². The van der Waals surface area contributed by atoms with E-state index in [0.29, 0.717) is 0 Å². The molecule has 4 atom stereocenters. The molecule has 27 heavy (non-hydrogen) atoms. The minimum atomic E-state index is -2.04. The maximum Gasteiger partial charge on any atom is 0.311 e. The number of carbonyl (C=O) groups excluding carboxylic acids is 1. The predicted molar refractivity (Wildman–Crippen MR) is 90.0 cm³/mol. The summed E-state index contributed by atoms with van der Waals surface area (Å²) >= 11 is 0. The second kappa shape index (κ2) is 6.45. The molecular formula is C17H21N5O5. The number of fused-ring (bicyclic) bond motifs is 1. The summed E-state index contributed by atoms with van der Waals surface area (Å²) in [6.45, 7) is 4.64.